The fourth-order valence-corrected chi connectivity index (χ4v) is 3.52. The maximum Gasteiger partial charge on any atom is 0.310 e. The van der Waals surface area contributed by atoms with Gasteiger partial charge in [0.1, 0.15) is 0 Å². The van der Waals surface area contributed by atoms with Crippen molar-refractivity contribution in [1.29, 1.82) is 0 Å². The molecule has 0 aromatic rings. The van der Waals surface area contributed by atoms with Gasteiger partial charge in [-0.25, -0.2) is 0 Å². The summed E-state index contributed by atoms with van der Waals surface area (Å²) in [6, 6.07) is 0. The van der Waals surface area contributed by atoms with Crippen molar-refractivity contribution in [2.75, 3.05) is 7.11 Å². The summed E-state index contributed by atoms with van der Waals surface area (Å²) in [4.78, 5) is 11.6. The van der Waals surface area contributed by atoms with Crippen LogP contribution in [0.5, 0.6) is 0 Å². The van der Waals surface area contributed by atoms with Crippen LogP contribution in [0.4, 0.5) is 0 Å². The summed E-state index contributed by atoms with van der Waals surface area (Å²) >= 11 is 4.70. The average molecular weight is 416 g/mol. The predicted molar refractivity (Wildman–Crippen MR) is 71.9 cm³/mol. The van der Waals surface area contributed by atoms with Crippen LogP contribution in [0.2, 0.25) is 0 Å². The summed E-state index contributed by atoms with van der Waals surface area (Å²) in [7, 11) is 1.46. The largest absolute Gasteiger partial charge is 0.469 e. The number of methoxy groups -OCH3 is 1. The summed E-state index contributed by atoms with van der Waals surface area (Å²) in [5.41, 5.74) is 0. The quantitative estimate of drug-likeness (QED) is 0.285. The number of carbonyl (C=O) groups excluding carboxylic acids is 1. The number of rotatable bonds is 1. The summed E-state index contributed by atoms with van der Waals surface area (Å²) in [5.74, 6) is -0.144. The fraction of sp³-hybridized carbons (Fsp3) is 0.500. The van der Waals surface area contributed by atoms with E-state index in [1.54, 1.807) is 0 Å². The number of esters is 1. The molecule has 14 heavy (non-hydrogen) atoms. The van der Waals surface area contributed by atoms with Crippen molar-refractivity contribution in [3.8, 4) is 0 Å². The highest BCUT2D eigenvalue weighted by atomic mass is 127. The maximum absolute atomic E-state index is 11.6. The van der Waals surface area contributed by atoms with Gasteiger partial charge in [0.25, 0.3) is 0 Å². The zero-order valence-electron chi connectivity index (χ0n) is 7.67. The van der Waals surface area contributed by atoms with E-state index >= 15 is 0 Å². The van der Waals surface area contributed by atoms with Crippen molar-refractivity contribution in [2.24, 2.45) is 5.92 Å². The first kappa shape index (κ1) is 10.9. The smallest absolute Gasteiger partial charge is 0.310 e. The minimum Gasteiger partial charge on any atom is -0.469 e. The van der Waals surface area contributed by atoms with Crippen LogP contribution in [0.15, 0.2) is 24.3 Å². The van der Waals surface area contributed by atoms with Crippen LogP contribution in [-0.4, -0.2) is 19.9 Å². The van der Waals surface area contributed by atoms with Crippen molar-refractivity contribution >= 4 is 51.2 Å². The van der Waals surface area contributed by atoms with Crippen molar-refractivity contribution in [2.45, 2.75) is 13.3 Å². The van der Waals surface area contributed by atoms with Gasteiger partial charge in [-0.05, 0) is 6.42 Å². The van der Waals surface area contributed by atoms with Gasteiger partial charge in [-0.3, -0.25) is 4.79 Å². The van der Waals surface area contributed by atoms with Crippen LogP contribution in [0.3, 0.4) is 0 Å². The van der Waals surface area contributed by atoms with Crippen molar-refractivity contribution < 1.29 is 9.53 Å². The topological polar surface area (TPSA) is 26.3 Å². The normalized spacial score (nSPS) is 44.1. The standard InChI is InChI=1S/C10H10I2O2/c1-14-8(13)7-6-9(11)2-4-10(7,12)5-3-9/h2-5,7H,6H2,1H3. The monoisotopic (exact) mass is 416 g/mol. The summed E-state index contributed by atoms with van der Waals surface area (Å²) in [6.45, 7) is 0. The van der Waals surface area contributed by atoms with Gasteiger partial charge in [-0.15, -0.1) is 0 Å². The molecule has 3 aliphatic carbocycles. The average Bonchev–Trinajstić information content (AvgIpc) is 2.19. The third-order valence-corrected chi connectivity index (χ3v) is 5.40. The highest BCUT2D eigenvalue weighted by molar-refractivity contribution is 14.1. The number of carbonyl (C=O) groups is 1. The Morgan fingerprint density at radius 1 is 1.36 bits per heavy atom. The number of ether oxygens (including phenoxy) is 1. The van der Waals surface area contributed by atoms with E-state index in [4.69, 9.17) is 4.74 Å². The van der Waals surface area contributed by atoms with E-state index in [0.29, 0.717) is 0 Å². The molecule has 0 aromatic heterocycles. The molecule has 1 unspecified atom stereocenters. The molecule has 2 nitrogen and oxygen atoms in total. The second kappa shape index (κ2) is 3.47. The molecule has 0 amide bonds. The second-order valence-electron chi connectivity index (χ2n) is 3.70. The van der Waals surface area contributed by atoms with Gasteiger partial charge >= 0.3 is 5.97 Å². The predicted octanol–water partition coefficient (Wildman–Crippen LogP) is 2.65. The van der Waals surface area contributed by atoms with Gasteiger partial charge in [0, 0.05) is 0 Å². The van der Waals surface area contributed by atoms with Crippen LogP contribution in [0.1, 0.15) is 6.42 Å². The number of allylic oxidation sites excluding steroid dienone is 4. The SMILES string of the molecule is COC(=O)C1CC2(I)C=CC1(I)C=C2. The number of fused-ring (bicyclic) bond motifs is 1. The third kappa shape index (κ3) is 1.64. The van der Waals surface area contributed by atoms with Gasteiger partial charge in [-0.2, -0.15) is 0 Å². The Kier molecular flexibility index (Phi) is 2.70. The molecule has 1 atom stereocenters. The lowest BCUT2D eigenvalue weighted by molar-refractivity contribution is -0.146. The van der Waals surface area contributed by atoms with E-state index in [0.717, 1.165) is 6.42 Å². The number of hydrogen-bond acceptors (Lipinski definition) is 2. The van der Waals surface area contributed by atoms with Crippen LogP contribution < -0.4 is 0 Å². The van der Waals surface area contributed by atoms with Crippen molar-refractivity contribution in [3.63, 3.8) is 0 Å². The van der Waals surface area contributed by atoms with Gasteiger partial charge in [0.05, 0.1) is 19.9 Å². The Bertz CT molecular complexity index is 319. The lowest BCUT2D eigenvalue weighted by Gasteiger charge is -2.42. The van der Waals surface area contributed by atoms with E-state index in [-0.39, 0.29) is 18.7 Å². The molecular formula is C10H10I2O2. The van der Waals surface area contributed by atoms with E-state index in [1.807, 2.05) is 0 Å². The summed E-state index contributed by atoms with van der Waals surface area (Å²) < 4.78 is 4.69. The Hall–Kier alpha value is 0.410. The molecule has 3 aliphatic rings. The van der Waals surface area contributed by atoms with Crippen LogP contribution in [0, 0.1) is 5.92 Å². The highest BCUT2D eigenvalue weighted by Crippen LogP contribution is 2.50. The molecule has 4 heteroatoms. The van der Waals surface area contributed by atoms with Crippen molar-refractivity contribution in [1.82, 2.24) is 0 Å². The van der Waals surface area contributed by atoms with Crippen LogP contribution >= 0.6 is 45.2 Å². The molecule has 0 saturated heterocycles. The molecule has 3 rings (SSSR count). The van der Waals surface area contributed by atoms with E-state index in [1.165, 1.54) is 7.11 Å². The lowest BCUT2D eigenvalue weighted by atomic mass is 9.74. The zero-order valence-corrected chi connectivity index (χ0v) is 12.0. The van der Waals surface area contributed by atoms with Crippen LogP contribution in [-0.2, 0) is 9.53 Å². The first-order chi connectivity index (χ1) is 6.49. The minimum absolute atomic E-state index is 0.0174. The van der Waals surface area contributed by atoms with Gasteiger partial charge in [0.15, 0.2) is 0 Å². The molecule has 0 saturated carbocycles. The van der Waals surface area contributed by atoms with Crippen LogP contribution in [0.25, 0.3) is 0 Å². The molecule has 0 spiro atoms. The Morgan fingerprint density at radius 2 is 1.93 bits per heavy atom. The van der Waals surface area contributed by atoms with Crippen molar-refractivity contribution in [3.05, 3.63) is 24.3 Å². The Morgan fingerprint density at radius 3 is 2.43 bits per heavy atom. The molecule has 0 N–H and O–H groups in total. The molecule has 0 aliphatic heterocycles. The Labute approximate surface area is 110 Å². The molecule has 76 valence electrons. The third-order valence-electron chi connectivity index (χ3n) is 2.77. The molecule has 0 fully saturated rings. The van der Waals surface area contributed by atoms with E-state index < -0.39 is 0 Å². The van der Waals surface area contributed by atoms with Gasteiger partial charge in [0.2, 0.25) is 0 Å². The number of alkyl halides is 2. The first-order valence-electron chi connectivity index (χ1n) is 4.35. The van der Waals surface area contributed by atoms with E-state index in [9.17, 15) is 4.79 Å². The molecule has 0 aromatic carbocycles. The van der Waals surface area contributed by atoms with Gasteiger partial charge < -0.3 is 4.74 Å². The summed E-state index contributed by atoms with van der Waals surface area (Å²) in [5, 5.41) is 0. The minimum atomic E-state index is -0.169. The number of hydrogen-bond donors (Lipinski definition) is 0. The lowest BCUT2D eigenvalue weighted by Crippen LogP contribution is -2.45. The fourth-order valence-electron chi connectivity index (χ4n) is 1.89. The molecule has 2 bridgehead atoms. The van der Waals surface area contributed by atoms with Gasteiger partial charge in [-0.1, -0.05) is 69.5 Å². The number of halogens is 2. The molecule has 0 heterocycles. The van der Waals surface area contributed by atoms with E-state index in [2.05, 4.69) is 69.5 Å². The summed E-state index contributed by atoms with van der Waals surface area (Å²) in [6.07, 6.45) is 9.44. The molecule has 0 radical (unpaired) electrons. The molecular weight excluding hydrogens is 406 g/mol. The Balaban J connectivity index is 2.36. The zero-order chi connectivity index (χ0) is 10.4. The maximum atomic E-state index is 11.6. The highest BCUT2D eigenvalue weighted by Gasteiger charge is 2.48. The first-order valence-corrected chi connectivity index (χ1v) is 6.51. The second-order valence-corrected chi connectivity index (χ2v) is 7.58.